The predicted octanol–water partition coefficient (Wildman–Crippen LogP) is 7.40. The van der Waals surface area contributed by atoms with Gasteiger partial charge in [0.05, 0.1) is 11.0 Å². The number of aryl methyl sites for hydroxylation is 2. The van der Waals surface area contributed by atoms with Gasteiger partial charge >= 0.3 is 5.69 Å². The lowest BCUT2D eigenvalue weighted by atomic mass is 9.98. The Morgan fingerprint density at radius 2 is 0.857 bits per heavy atom. The van der Waals surface area contributed by atoms with Crippen molar-refractivity contribution in [3.8, 4) is 56.4 Å². The van der Waals surface area contributed by atoms with E-state index in [1.807, 2.05) is 86.9 Å². The van der Waals surface area contributed by atoms with E-state index >= 15 is 0 Å². The van der Waals surface area contributed by atoms with Gasteiger partial charge in [-0.3, -0.25) is 9.13 Å². The summed E-state index contributed by atoms with van der Waals surface area (Å²) in [5, 5.41) is 0. The highest BCUT2D eigenvalue weighted by atomic mass is 16.1. The van der Waals surface area contributed by atoms with Gasteiger partial charge in [-0.15, -0.1) is 0 Å². The molecule has 2 aromatic heterocycles. The summed E-state index contributed by atoms with van der Waals surface area (Å²) < 4.78 is 3.40. The van der Waals surface area contributed by atoms with E-state index in [4.69, 9.17) is 15.0 Å². The van der Waals surface area contributed by atoms with Crippen molar-refractivity contribution in [2.45, 2.75) is 0 Å². The molecule has 0 unspecified atom stereocenters. The minimum atomic E-state index is -0.0286. The molecule has 0 aliphatic heterocycles. The summed E-state index contributed by atoms with van der Waals surface area (Å²) in [6, 6.07) is 42.8. The minimum absolute atomic E-state index is 0.0286. The lowest BCUT2D eigenvalue weighted by molar-refractivity contribution is 0.795. The zero-order valence-electron chi connectivity index (χ0n) is 23.3. The van der Waals surface area contributed by atoms with Crippen molar-refractivity contribution >= 4 is 11.0 Å². The molecule has 6 heteroatoms. The van der Waals surface area contributed by atoms with Crippen LogP contribution in [0, 0.1) is 0 Å². The van der Waals surface area contributed by atoms with Crippen molar-refractivity contribution in [2.75, 3.05) is 0 Å². The minimum Gasteiger partial charge on any atom is -0.295 e. The van der Waals surface area contributed by atoms with Crippen LogP contribution in [0.2, 0.25) is 0 Å². The summed E-state index contributed by atoms with van der Waals surface area (Å²) in [5.74, 6) is 1.92. The monoisotopic (exact) mass is 545 g/mol. The van der Waals surface area contributed by atoms with Gasteiger partial charge in [0, 0.05) is 36.3 Å². The molecule has 0 bridgehead atoms. The molecule has 0 saturated heterocycles. The third-order valence-corrected chi connectivity index (χ3v) is 7.66. The molecule has 2 heterocycles. The van der Waals surface area contributed by atoms with Crippen LogP contribution in [0.4, 0.5) is 0 Å². The summed E-state index contributed by atoms with van der Waals surface area (Å²) in [6.45, 7) is 0. The van der Waals surface area contributed by atoms with Crippen LogP contribution < -0.4 is 5.69 Å². The number of fused-ring (bicyclic) bond motifs is 1. The van der Waals surface area contributed by atoms with E-state index in [0.717, 1.165) is 50.0 Å². The number of imidazole rings is 1. The molecule has 0 aliphatic carbocycles. The molecule has 7 aromatic rings. The fourth-order valence-corrected chi connectivity index (χ4v) is 5.40. The van der Waals surface area contributed by atoms with Crippen molar-refractivity contribution in [1.29, 1.82) is 0 Å². The molecule has 5 aromatic carbocycles. The second-order valence-corrected chi connectivity index (χ2v) is 10.3. The smallest absolute Gasteiger partial charge is 0.295 e. The van der Waals surface area contributed by atoms with Crippen molar-refractivity contribution in [1.82, 2.24) is 24.1 Å². The Morgan fingerprint density at radius 3 is 1.36 bits per heavy atom. The topological polar surface area (TPSA) is 65.6 Å². The Labute approximate surface area is 243 Å². The molecule has 0 amide bonds. The fraction of sp³-hybridized carbons (Fsp3) is 0.0556. The lowest BCUT2D eigenvalue weighted by Crippen LogP contribution is -2.19. The number of benzene rings is 5. The van der Waals surface area contributed by atoms with E-state index in [1.165, 1.54) is 0 Å². The first kappa shape index (κ1) is 25.4. The molecule has 0 atom stereocenters. The van der Waals surface area contributed by atoms with Crippen LogP contribution in [-0.2, 0) is 14.1 Å². The van der Waals surface area contributed by atoms with Gasteiger partial charge in [0.15, 0.2) is 17.5 Å². The van der Waals surface area contributed by atoms with Crippen LogP contribution >= 0.6 is 0 Å². The average molecular weight is 546 g/mol. The number of hydrogen-bond acceptors (Lipinski definition) is 4. The highest BCUT2D eigenvalue weighted by molar-refractivity contribution is 5.93. The normalized spacial score (nSPS) is 11.2. The zero-order valence-corrected chi connectivity index (χ0v) is 23.3. The third-order valence-electron chi connectivity index (χ3n) is 7.66. The molecule has 0 saturated carbocycles. The molecule has 0 fully saturated rings. The maximum Gasteiger partial charge on any atom is 0.328 e. The van der Waals surface area contributed by atoms with Crippen LogP contribution in [0.15, 0.2) is 132 Å². The predicted molar refractivity (Wildman–Crippen MR) is 169 cm³/mol. The summed E-state index contributed by atoms with van der Waals surface area (Å²) in [7, 11) is 3.63. The second kappa shape index (κ2) is 10.4. The first-order valence-corrected chi connectivity index (χ1v) is 13.8. The van der Waals surface area contributed by atoms with Crippen molar-refractivity contribution < 1.29 is 0 Å². The molecular formula is C36H27N5O. The number of nitrogens with zero attached hydrogens (tertiary/aromatic N) is 5. The van der Waals surface area contributed by atoms with Gasteiger partial charge in [-0.2, -0.15) is 0 Å². The number of para-hydroxylation sites is 1. The maximum atomic E-state index is 12.5. The van der Waals surface area contributed by atoms with E-state index in [2.05, 4.69) is 54.6 Å². The van der Waals surface area contributed by atoms with E-state index in [1.54, 1.807) is 9.13 Å². The van der Waals surface area contributed by atoms with Gasteiger partial charge in [-0.05, 0) is 22.8 Å². The molecule has 0 radical (unpaired) electrons. The van der Waals surface area contributed by atoms with Gasteiger partial charge in [0.1, 0.15) is 0 Å². The molecule has 0 N–H and O–H groups in total. The summed E-state index contributed by atoms with van der Waals surface area (Å²) in [5.41, 5.74) is 8.93. The van der Waals surface area contributed by atoms with Crippen molar-refractivity contribution in [3.63, 3.8) is 0 Å². The van der Waals surface area contributed by atoms with Crippen molar-refractivity contribution in [2.24, 2.45) is 14.1 Å². The first-order valence-electron chi connectivity index (χ1n) is 13.8. The van der Waals surface area contributed by atoms with E-state index in [0.29, 0.717) is 17.5 Å². The molecule has 6 nitrogen and oxygen atoms in total. The van der Waals surface area contributed by atoms with E-state index < -0.39 is 0 Å². The van der Waals surface area contributed by atoms with Crippen LogP contribution in [0.3, 0.4) is 0 Å². The quantitative estimate of drug-likeness (QED) is 0.226. The van der Waals surface area contributed by atoms with E-state index in [9.17, 15) is 4.79 Å². The molecule has 0 spiro atoms. The molecule has 42 heavy (non-hydrogen) atoms. The van der Waals surface area contributed by atoms with Crippen LogP contribution in [0.25, 0.3) is 67.5 Å². The Kier molecular flexibility index (Phi) is 6.28. The van der Waals surface area contributed by atoms with Gasteiger partial charge in [-0.1, -0.05) is 121 Å². The van der Waals surface area contributed by atoms with Crippen LogP contribution in [0.1, 0.15) is 0 Å². The standard InChI is InChI=1S/C36H27N5O/c1-40-31-15-9-14-30(32(31)41(2)36(40)42)26-20-16-24(17-21-26)25-18-22-29(23-19-25)35-38-33(27-10-5-3-6-11-27)37-34(39-35)28-12-7-4-8-13-28/h3-23H,1-2H3. The molecule has 202 valence electrons. The fourth-order valence-electron chi connectivity index (χ4n) is 5.40. The highest BCUT2D eigenvalue weighted by Crippen LogP contribution is 2.31. The Balaban J connectivity index is 1.23. The summed E-state index contributed by atoms with van der Waals surface area (Å²) >= 11 is 0. The molecular weight excluding hydrogens is 518 g/mol. The highest BCUT2D eigenvalue weighted by Gasteiger charge is 2.14. The van der Waals surface area contributed by atoms with Gasteiger partial charge in [-0.25, -0.2) is 19.7 Å². The Hall–Kier alpha value is -5.62. The van der Waals surface area contributed by atoms with Crippen LogP contribution in [0.5, 0.6) is 0 Å². The van der Waals surface area contributed by atoms with E-state index in [-0.39, 0.29) is 5.69 Å². The average Bonchev–Trinajstić information content (AvgIpc) is 3.29. The third kappa shape index (κ3) is 4.49. The van der Waals surface area contributed by atoms with Crippen LogP contribution in [-0.4, -0.2) is 24.1 Å². The number of aromatic nitrogens is 5. The Bertz CT molecular complexity index is 2040. The van der Waals surface area contributed by atoms with Crippen molar-refractivity contribution in [3.05, 3.63) is 138 Å². The summed E-state index contributed by atoms with van der Waals surface area (Å²) in [6.07, 6.45) is 0. The molecule has 7 rings (SSSR count). The largest absolute Gasteiger partial charge is 0.328 e. The number of hydrogen-bond donors (Lipinski definition) is 0. The first-order chi connectivity index (χ1) is 20.6. The summed E-state index contributed by atoms with van der Waals surface area (Å²) in [4.78, 5) is 27.0. The second-order valence-electron chi connectivity index (χ2n) is 10.3. The van der Waals surface area contributed by atoms with Gasteiger partial charge in [0.2, 0.25) is 0 Å². The van der Waals surface area contributed by atoms with Gasteiger partial charge < -0.3 is 0 Å². The zero-order chi connectivity index (χ0) is 28.6. The Morgan fingerprint density at radius 1 is 0.429 bits per heavy atom. The molecule has 0 aliphatic rings. The van der Waals surface area contributed by atoms with Gasteiger partial charge in [0.25, 0.3) is 0 Å². The maximum absolute atomic E-state index is 12.5. The lowest BCUT2D eigenvalue weighted by Gasteiger charge is -2.10. The number of rotatable bonds is 5. The SMILES string of the molecule is Cn1c(=O)n(C)c2c(-c3ccc(-c4ccc(-c5nc(-c6ccccc6)nc(-c6ccccc6)n5)cc4)cc3)cccc21.